The number of carbonyl (C=O) groups is 2. The summed E-state index contributed by atoms with van der Waals surface area (Å²) in [6.07, 6.45) is -0.0624. The number of amides is 1. The highest BCUT2D eigenvalue weighted by molar-refractivity contribution is 5.74. The molecule has 1 aliphatic heterocycles. The van der Waals surface area contributed by atoms with Crippen LogP contribution in [-0.2, 0) is 16.1 Å². The molecule has 1 N–H and O–H groups in total. The number of hydrogen-bond donors (Lipinski definition) is 1. The summed E-state index contributed by atoms with van der Waals surface area (Å²) in [5.74, 6) is -0.427. The SMILES string of the molecule is COc1ccc(CN2CC(C3CC3C(=O)O)OC2=O)cc1. The first-order chi connectivity index (χ1) is 10.1. The summed E-state index contributed by atoms with van der Waals surface area (Å²) in [5.41, 5.74) is 0.985. The molecule has 2 aliphatic rings. The molecule has 3 atom stereocenters. The van der Waals surface area contributed by atoms with E-state index in [0.29, 0.717) is 19.5 Å². The predicted molar refractivity (Wildman–Crippen MR) is 72.9 cm³/mol. The van der Waals surface area contributed by atoms with E-state index in [-0.39, 0.29) is 24.0 Å². The van der Waals surface area contributed by atoms with Crippen molar-refractivity contribution in [2.24, 2.45) is 11.8 Å². The van der Waals surface area contributed by atoms with Crippen LogP contribution in [0.3, 0.4) is 0 Å². The van der Waals surface area contributed by atoms with Crippen molar-refractivity contribution >= 4 is 12.1 Å². The molecule has 3 unspecified atom stereocenters. The maximum atomic E-state index is 11.9. The van der Waals surface area contributed by atoms with Crippen LogP contribution in [0.5, 0.6) is 5.75 Å². The van der Waals surface area contributed by atoms with E-state index in [2.05, 4.69) is 0 Å². The van der Waals surface area contributed by atoms with Crippen LogP contribution < -0.4 is 4.74 Å². The van der Waals surface area contributed by atoms with Gasteiger partial charge in [0.1, 0.15) is 11.9 Å². The van der Waals surface area contributed by atoms with Crippen LogP contribution >= 0.6 is 0 Å². The monoisotopic (exact) mass is 291 g/mol. The first kappa shape index (κ1) is 13.7. The largest absolute Gasteiger partial charge is 0.497 e. The van der Waals surface area contributed by atoms with Gasteiger partial charge in [-0.3, -0.25) is 4.79 Å². The average Bonchev–Trinajstić information content (AvgIpc) is 3.20. The van der Waals surface area contributed by atoms with Crippen molar-refractivity contribution in [2.75, 3.05) is 13.7 Å². The second kappa shape index (κ2) is 5.27. The van der Waals surface area contributed by atoms with Gasteiger partial charge in [-0.15, -0.1) is 0 Å². The van der Waals surface area contributed by atoms with Gasteiger partial charge in [-0.25, -0.2) is 4.79 Å². The molecule has 6 heteroatoms. The van der Waals surface area contributed by atoms with Gasteiger partial charge in [0, 0.05) is 12.5 Å². The van der Waals surface area contributed by atoms with Gasteiger partial charge >= 0.3 is 12.1 Å². The second-order valence-corrected chi connectivity index (χ2v) is 5.50. The summed E-state index contributed by atoms with van der Waals surface area (Å²) in [5, 5.41) is 8.93. The number of cyclic esters (lactones) is 1. The van der Waals surface area contributed by atoms with Gasteiger partial charge in [0.05, 0.1) is 19.6 Å². The fourth-order valence-electron chi connectivity index (χ4n) is 2.75. The molecule has 1 aliphatic carbocycles. The lowest BCUT2D eigenvalue weighted by Crippen LogP contribution is -2.25. The third-order valence-corrected chi connectivity index (χ3v) is 4.08. The van der Waals surface area contributed by atoms with Gasteiger partial charge in [0.25, 0.3) is 0 Å². The quantitative estimate of drug-likeness (QED) is 0.894. The third kappa shape index (κ3) is 2.79. The highest BCUT2D eigenvalue weighted by Crippen LogP contribution is 2.44. The molecule has 0 bridgehead atoms. The van der Waals surface area contributed by atoms with Crippen molar-refractivity contribution in [2.45, 2.75) is 19.1 Å². The smallest absolute Gasteiger partial charge is 0.410 e. The lowest BCUT2D eigenvalue weighted by atomic mass is 10.1. The van der Waals surface area contributed by atoms with Crippen LogP contribution in [0.1, 0.15) is 12.0 Å². The highest BCUT2D eigenvalue weighted by atomic mass is 16.6. The Morgan fingerprint density at radius 3 is 2.71 bits per heavy atom. The summed E-state index contributed by atoms with van der Waals surface area (Å²) < 4.78 is 10.4. The zero-order valence-corrected chi connectivity index (χ0v) is 11.7. The average molecular weight is 291 g/mol. The number of rotatable bonds is 5. The molecular weight excluding hydrogens is 274 g/mol. The number of carboxylic acids is 1. The van der Waals surface area contributed by atoms with E-state index in [1.165, 1.54) is 0 Å². The third-order valence-electron chi connectivity index (χ3n) is 4.08. The standard InChI is InChI=1S/C15H17NO5/c1-20-10-4-2-9(3-5-10)7-16-8-13(21-15(16)19)11-6-12(11)14(17)18/h2-5,11-13H,6-8H2,1H3,(H,17,18). The van der Waals surface area contributed by atoms with Crippen molar-refractivity contribution in [1.82, 2.24) is 4.90 Å². The molecule has 3 rings (SSSR count). The number of carbonyl (C=O) groups excluding carboxylic acids is 1. The van der Waals surface area contributed by atoms with E-state index < -0.39 is 5.97 Å². The van der Waals surface area contributed by atoms with Crippen LogP contribution in [0.2, 0.25) is 0 Å². The van der Waals surface area contributed by atoms with Gasteiger partial charge in [0.15, 0.2) is 0 Å². The Morgan fingerprint density at radius 2 is 2.14 bits per heavy atom. The van der Waals surface area contributed by atoms with Crippen LogP contribution in [0.15, 0.2) is 24.3 Å². The molecule has 0 spiro atoms. The van der Waals surface area contributed by atoms with E-state index >= 15 is 0 Å². The molecule has 1 heterocycles. The number of benzene rings is 1. The van der Waals surface area contributed by atoms with Crippen molar-refractivity contribution < 1.29 is 24.2 Å². The minimum absolute atomic E-state index is 0.0349. The Labute approximate surface area is 122 Å². The van der Waals surface area contributed by atoms with Crippen molar-refractivity contribution in [3.63, 3.8) is 0 Å². The van der Waals surface area contributed by atoms with Gasteiger partial charge in [-0.05, 0) is 24.1 Å². The minimum Gasteiger partial charge on any atom is -0.497 e. The van der Waals surface area contributed by atoms with Gasteiger partial charge in [0.2, 0.25) is 0 Å². The normalized spacial score (nSPS) is 27.4. The Bertz CT molecular complexity index is 556. The van der Waals surface area contributed by atoms with Gasteiger partial charge in [-0.2, -0.15) is 0 Å². The first-order valence-corrected chi connectivity index (χ1v) is 6.90. The van der Waals surface area contributed by atoms with Crippen LogP contribution in [0, 0.1) is 11.8 Å². The number of aliphatic carboxylic acids is 1. The fourth-order valence-corrected chi connectivity index (χ4v) is 2.75. The summed E-state index contributed by atoms with van der Waals surface area (Å²) in [7, 11) is 1.60. The predicted octanol–water partition coefficient (Wildman–Crippen LogP) is 1.74. The molecule has 6 nitrogen and oxygen atoms in total. The zero-order chi connectivity index (χ0) is 15.0. The Hall–Kier alpha value is -2.24. The number of ether oxygens (including phenoxy) is 2. The van der Waals surface area contributed by atoms with Crippen LogP contribution in [0.4, 0.5) is 4.79 Å². The maximum Gasteiger partial charge on any atom is 0.410 e. The highest BCUT2D eigenvalue weighted by Gasteiger charge is 2.52. The summed E-state index contributed by atoms with van der Waals surface area (Å²) in [6, 6.07) is 7.48. The molecule has 1 saturated carbocycles. The van der Waals surface area contributed by atoms with E-state index in [1.807, 2.05) is 24.3 Å². The molecule has 1 amide bonds. The summed E-state index contributed by atoms with van der Waals surface area (Å²) in [6.45, 7) is 0.920. The van der Waals surface area contributed by atoms with E-state index in [0.717, 1.165) is 11.3 Å². The molecule has 112 valence electrons. The molecule has 1 aromatic carbocycles. The lowest BCUT2D eigenvalue weighted by Gasteiger charge is -2.13. The molecule has 2 fully saturated rings. The zero-order valence-electron chi connectivity index (χ0n) is 11.7. The van der Waals surface area contributed by atoms with Gasteiger partial charge in [-0.1, -0.05) is 12.1 Å². The number of methoxy groups -OCH3 is 1. The molecule has 0 radical (unpaired) electrons. The number of carboxylic acid groups (broad SMARTS) is 1. The molecule has 1 aromatic rings. The van der Waals surface area contributed by atoms with Crippen LogP contribution in [0.25, 0.3) is 0 Å². The second-order valence-electron chi connectivity index (χ2n) is 5.50. The van der Waals surface area contributed by atoms with Gasteiger partial charge < -0.3 is 19.5 Å². The van der Waals surface area contributed by atoms with E-state index in [1.54, 1.807) is 12.0 Å². The Kier molecular flexibility index (Phi) is 3.45. The van der Waals surface area contributed by atoms with E-state index in [4.69, 9.17) is 14.6 Å². The summed E-state index contributed by atoms with van der Waals surface area (Å²) >= 11 is 0. The molecule has 1 saturated heterocycles. The van der Waals surface area contributed by atoms with Crippen molar-refractivity contribution in [1.29, 1.82) is 0 Å². The Morgan fingerprint density at radius 1 is 1.43 bits per heavy atom. The Balaban J connectivity index is 1.59. The molecule has 21 heavy (non-hydrogen) atoms. The topological polar surface area (TPSA) is 76.1 Å². The first-order valence-electron chi connectivity index (χ1n) is 6.90. The maximum absolute atomic E-state index is 11.9. The van der Waals surface area contributed by atoms with Crippen LogP contribution in [-0.4, -0.2) is 41.8 Å². The number of nitrogens with zero attached hydrogens (tertiary/aromatic N) is 1. The minimum atomic E-state index is -0.801. The number of hydrogen-bond acceptors (Lipinski definition) is 4. The molecule has 0 aromatic heterocycles. The van der Waals surface area contributed by atoms with E-state index in [9.17, 15) is 9.59 Å². The summed E-state index contributed by atoms with van der Waals surface area (Å²) in [4.78, 5) is 24.3. The van der Waals surface area contributed by atoms with Crippen molar-refractivity contribution in [3.8, 4) is 5.75 Å². The molecular formula is C15H17NO5. The lowest BCUT2D eigenvalue weighted by molar-refractivity contribution is -0.139. The van der Waals surface area contributed by atoms with Crippen molar-refractivity contribution in [3.05, 3.63) is 29.8 Å². The fraction of sp³-hybridized carbons (Fsp3) is 0.467.